The lowest BCUT2D eigenvalue weighted by molar-refractivity contribution is 0.0600. The molecule has 0 aliphatic heterocycles. The van der Waals surface area contributed by atoms with Crippen molar-refractivity contribution in [3.05, 3.63) is 58.6 Å². The molecule has 1 amide bonds. The van der Waals surface area contributed by atoms with Crippen LogP contribution in [0.3, 0.4) is 0 Å². The summed E-state index contributed by atoms with van der Waals surface area (Å²) in [6.07, 6.45) is 0. The van der Waals surface area contributed by atoms with Crippen LogP contribution in [0.15, 0.2) is 42.5 Å². The van der Waals surface area contributed by atoms with Gasteiger partial charge < -0.3 is 15.8 Å². The summed E-state index contributed by atoms with van der Waals surface area (Å²) in [4.78, 5) is 23.6. The molecule has 0 saturated heterocycles. The zero-order valence-electron chi connectivity index (χ0n) is 11.2. The molecular weight excluding hydrogens is 292 g/mol. The topological polar surface area (TPSA) is 81.4 Å². The zero-order valence-corrected chi connectivity index (χ0v) is 12.0. The van der Waals surface area contributed by atoms with Gasteiger partial charge in [-0.05, 0) is 36.4 Å². The number of esters is 1. The van der Waals surface area contributed by atoms with Crippen molar-refractivity contribution in [1.29, 1.82) is 0 Å². The molecule has 0 radical (unpaired) electrons. The van der Waals surface area contributed by atoms with Crippen LogP contribution in [0.1, 0.15) is 20.7 Å². The Hall–Kier alpha value is -2.53. The number of benzene rings is 2. The molecule has 0 bridgehead atoms. The molecule has 0 spiro atoms. The van der Waals surface area contributed by atoms with E-state index in [-0.39, 0.29) is 5.56 Å². The first-order valence-electron chi connectivity index (χ1n) is 6.06. The SMILES string of the molecule is COC(=O)c1cccc(NC(=O)c2cc(Cl)ccc2N)c1. The molecule has 2 rings (SSSR count). The van der Waals surface area contributed by atoms with Gasteiger partial charge in [0.1, 0.15) is 0 Å². The molecule has 2 aromatic carbocycles. The van der Waals surface area contributed by atoms with Crippen LogP contribution in [0, 0.1) is 0 Å². The monoisotopic (exact) mass is 304 g/mol. The van der Waals surface area contributed by atoms with Crippen molar-refractivity contribution >= 4 is 34.9 Å². The molecule has 0 atom stereocenters. The number of amides is 1. The maximum atomic E-state index is 12.2. The molecule has 0 unspecified atom stereocenters. The Bertz CT molecular complexity index is 701. The van der Waals surface area contributed by atoms with Gasteiger partial charge >= 0.3 is 5.97 Å². The number of nitrogen functional groups attached to an aromatic ring is 1. The van der Waals surface area contributed by atoms with Crippen molar-refractivity contribution in [2.45, 2.75) is 0 Å². The quantitative estimate of drug-likeness (QED) is 0.674. The Labute approximate surface area is 126 Å². The van der Waals surface area contributed by atoms with Gasteiger partial charge in [-0.2, -0.15) is 0 Å². The molecule has 21 heavy (non-hydrogen) atoms. The summed E-state index contributed by atoms with van der Waals surface area (Å²) in [7, 11) is 1.29. The third-order valence-corrected chi connectivity index (χ3v) is 3.04. The van der Waals surface area contributed by atoms with Crippen LogP contribution < -0.4 is 11.1 Å². The van der Waals surface area contributed by atoms with Crippen LogP contribution in [0.5, 0.6) is 0 Å². The number of carbonyl (C=O) groups excluding carboxylic acids is 2. The minimum absolute atomic E-state index is 0.269. The third kappa shape index (κ3) is 3.52. The highest BCUT2D eigenvalue weighted by Gasteiger charge is 2.12. The minimum atomic E-state index is -0.478. The summed E-state index contributed by atoms with van der Waals surface area (Å²) >= 11 is 5.85. The number of hydrogen-bond donors (Lipinski definition) is 2. The van der Waals surface area contributed by atoms with E-state index in [0.29, 0.717) is 22.0 Å². The normalized spacial score (nSPS) is 10.0. The van der Waals surface area contributed by atoms with Gasteiger partial charge in [0.2, 0.25) is 0 Å². The molecule has 108 valence electrons. The van der Waals surface area contributed by atoms with Crippen molar-refractivity contribution in [1.82, 2.24) is 0 Å². The molecule has 0 heterocycles. The van der Waals surface area contributed by atoms with Crippen LogP contribution in [0.4, 0.5) is 11.4 Å². The van der Waals surface area contributed by atoms with Gasteiger partial charge in [-0.3, -0.25) is 4.79 Å². The average Bonchev–Trinajstić information content (AvgIpc) is 2.49. The second-order valence-corrected chi connectivity index (χ2v) is 4.69. The summed E-state index contributed by atoms with van der Waals surface area (Å²) in [5, 5.41) is 3.07. The lowest BCUT2D eigenvalue weighted by atomic mass is 10.1. The summed E-state index contributed by atoms with van der Waals surface area (Å²) in [6, 6.07) is 11.1. The lowest BCUT2D eigenvalue weighted by Gasteiger charge is -2.09. The smallest absolute Gasteiger partial charge is 0.337 e. The number of carbonyl (C=O) groups is 2. The van der Waals surface area contributed by atoms with Gasteiger partial charge in [-0.15, -0.1) is 0 Å². The maximum absolute atomic E-state index is 12.2. The van der Waals surface area contributed by atoms with E-state index in [1.165, 1.54) is 19.2 Å². The van der Waals surface area contributed by atoms with Crippen LogP contribution in [-0.4, -0.2) is 19.0 Å². The predicted octanol–water partition coefficient (Wildman–Crippen LogP) is 2.96. The second kappa shape index (κ2) is 6.28. The van der Waals surface area contributed by atoms with E-state index in [4.69, 9.17) is 17.3 Å². The molecule has 2 aromatic rings. The summed E-state index contributed by atoms with van der Waals surface area (Å²) in [6.45, 7) is 0. The highest BCUT2D eigenvalue weighted by Crippen LogP contribution is 2.20. The van der Waals surface area contributed by atoms with E-state index in [9.17, 15) is 9.59 Å². The molecular formula is C15H13ClN2O3. The fourth-order valence-electron chi connectivity index (χ4n) is 1.77. The number of nitrogens with two attached hydrogens (primary N) is 1. The van der Waals surface area contributed by atoms with Gasteiger partial charge in [0, 0.05) is 16.4 Å². The van der Waals surface area contributed by atoms with Crippen molar-refractivity contribution in [2.24, 2.45) is 0 Å². The average molecular weight is 305 g/mol. The first-order chi connectivity index (χ1) is 10.0. The largest absolute Gasteiger partial charge is 0.465 e. The fourth-order valence-corrected chi connectivity index (χ4v) is 1.94. The molecule has 6 heteroatoms. The van der Waals surface area contributed by atoms with Gasteiger partial charge in [0.25, 0.3) is 5.91 Å². The van der Waals surface area contributed by atoms with E-state index in [1.54, 1.807) is 30.3 Å². The standard InChI is InChI=1S/C15H13ClN2O3/c1-21-15(20)9-3-2-4-11(7-9)18-14(19)12-8-10(16)5-6-13(12)17/h2-8H,17H2,1H3,(H,18,19). The first-order valence-corrected chi connectivity index (χ1v) is 6.44. The third-order valence-electron chi connectivity index (χ3n) is 2.80. The van der Waals surface area contributed by atoms with Crippen LogP contribution >= 0.6 is 11.6 Å². The Kier molecular flexibility index (Phi) is 4.45. The van der Waals surface area contributed by atoms with E-state index < -0.39 is 11.9 Å². The van der Waals surface area contributed by atoms with E-state index in [1.807, 2.05) is 0 Å². The molecule has 5 nitrogen and oxygen atoms in total. The lowest BCUT2D eigenvalue weighted by Crippen LogP contribution is -2.14. The molecule has 3 N–H and O–H groups in total. The van der Waals surface area contributed by atoms with Gasteiger partial charge in [0.05, 0.1) is 18.2 Å². The van der Waals surface area contributed by atoms with Crippen molar-refractivity contribution in [2.75, 3.05) is 18.2 Å². The maximum Gasteiger partial charge on any atom is 0.337 e. The Morgan fingerprint density at radius 2 is 1.95 bits per heavy atom. The number of ether oxygens (including phenoxy) is 1. The van der Waals surface area contributed by atoms with Gasteiger partial charge in [0.15, 0.2) is 0 Å². The summed E-state index contributed by atoms with van der Waals surface area (Å²) in [5.41, 5.74) is 7.14. The molecule has 0 aliphatic rings. The predicted molar refractivity (Wildman–Crippen MR) is 81.6 cm³/mol. The number of methoxy groups -OCH3 is 1. The number of hydrogen-bond acceptors (Lipinski definition) is 4. The van der Waals surface area contributed by atoms with E-state index in [2.05, 4.69) is 10.1 Å². The molecule has 0 fully saturated rings. The highest BCUT2D eigenvalue weighted by molar-refractivity contribution is 6.31. The van der Waals surface area contributed by atoms with Gasteiger partial charge in [-0.25, -0.2) is 4.79 Å². The van der Waals surface area contributed by atoms with E-state index >= 15 is 0 Å². The number of rotatable bonds is 3. The Morgan fingerprint density at radius 1 is 1.19 bits per heavy atom. The molecule has 0 aliphatic carbocycles. The Balaban J connectivity index is 2.23. The molecule has 0 aromatic heterocycles. The highest BCUT2D eigenvalue weighted by atomic mass is 35.5. The summed E-state index contributed by atoms with van der Waals surface area (Å²) in [5.74, 6) is -0.884. The fraction of sp³-hybridized carbons (Fsp3) is 0.0667. The van der Waals surface area contributed by atoms with Crippen LogP contribution in [0.25, 0.3) is 0 Å². The van der Waals surface area contributed by atoms with E-state index in [0.717, 1.165) is 0 Å². The summed E-state index contributed by atoms with van der Waals surface area (Å²) < 4.78 is 4.63. The molecule has 0 saturated carbocycles. The van der Waals surface area contributed by atoms with Crippen molar-refractivity contribution in [3.8, 4) is 0 Å². The first kappa shape index (κ1) is 14.9. The number of nitrogens with one attached hydrogen (secondary N) is 1. The zero-order chi connectivity index (χ0) is 15.4. The number of anilines is 2. The van der Waals surface area contributed by atoms with Crippen molar-refractivity contribution < 1.29 is 14.3 Å². The van der Waals surface area contributed by atoms with Crippen LogP contribution in [0.2, 0.25) is 5.02 Å². The Morgan fingerprint density at radius 3 is 2.67 bits per heavy atom. The van der Waals surface area contributed by atoms with Gasteiger partial charge in [-0.1, -0.05) is 17.7 Å². The van der Waals surface area contributed by atoms with Crippen molar-refractivity contribution in [3.63, 3.8) is 0 Å². The number of halogens is 1. The second-order valence-electron chi connectivity index (χ2n) is 4.26. The van der Waals surface area contributed by atoms with Crippen LogP contribution in [-0.2, 0) is 4.74 Å². The minimum Gasteiger partial charge on any atom is -0.465 e.